The van der Waals surface area contributed by atoms with Crippen LogP contribution in [0.15, 0.2) is 24.3 Å². The predicted molar refractivity (Wildman–Crippen MR) is 82.5 cm³/mol. The van der Waals surface area contributed by atoms with E-state index in [1.54, 1.807) is 6.07 Å². The van der Waals surface area contributed by atoms with E-state index in [0.717, 1.165) is 44.5 Å². The first-order chi connectivity index (χ1) is 9.63. The minimum absolute atomic E-state index is 0.0993. The second kappa shape index (κ2) is 9.89. The molecule has 20 heavy (non-hydrogen) atoms. The number of benzene rings is 1. The zero-order valence-electron chi connectivity index (χ0n) is 13.0. The Morgan fingerprint density at radius 2 is 2.00 bits per heavy atom. The van der Waals surface area contributed by atoms with Crippen molar-refractivity contribution in [3.05, 3.63) is 35.6 Å². The van der Waals surface area contributed by atoms with Gasteiger partial charge in [-0.15, -0.1) is 0 Å². The normalized spacial score (nSPS) is 12.8. The van der Waals surface area contributed by atoms with E-state index in [0.29, 0.717) is 5.92 Å². The lowest BCUT2D eigenvalue weighted by Crippen LogP contribution is -2.26. The molecule has 0 heterocycles. The molecular weight excluding hydrogens is 253 g/mol. The predicted octanol–water partition coefficient (Wildman–Crippen LogP) is 3.80. The molecule has 1 aromatic rings. The third kappa shape index (κ3) is 7.01. The van der Waals surface area contributed by atoms with Gasteiger partial charge in [0.05, 0.1) is 6.10 Å². The highest BCUT2D eigenvalue weighted by atomic mass is 19.1. The molecule has 0 spiro atoms. The fourth-order valence-corrected chi connectivity index (χ4v) is 2.20. The van der Waals surface area contributed by atoms with Crippen LogP contribution in [0.5, 0.6) is 0 Å². The highest BCUT2D eigenvalue weighted by Gasteiger charge is 2.12. The lowest BCUT2D eigenvalue weighted by Gasteiger charge is -2.19. The molecule has 0 aliphatic rings. The average Bonchev–Trinajstić information content (AvgIpc) is 2.41. The minimum atomic E-state index is -0.0993. The van der Waals surface area contributed by atoms with E-state index in [1.807, 2.05) is 26.0 Å². The molecule has 1 atom stereocenters. The van der Waals surface area contributed by atoms with Crippen LogP contribution in [-0.2, 0) is 11.2 Å². The van der Waals surface area contributed by atoms with E-state index < -0.39 is 0 Å². The van der Waals surface area contributed by atoms with Gasteiger partial charge in [0.15, 0.2) is 0 Å². The average molecular weight is 281 g/mol. The van der Waals surface area contributed by atoms with Gasteiger partial charge in [-0.05, 0) is 63.7 Å². The number of rotatable bonds is 10. The summed E-state index contributed by atoms with van der Waals surface area (Å²) in [6.07, 6.45) is 3.11. The number of ether oxygens (including phenoxy) is 1. The van der Waals surface area contributed by atoms with Crippen molar-refractivity contribution in [3.8, 4) is 0 Å². The quantitative estimate of drug-likeness (QED) is 0.659. The molecule has 0 aromatic heterocycles. The van der Waals surface area contributed by atoms with Gasteiger partial charge in [-0.25, -0.2) is 4.39 Å². The van der Waals surface area contributed by atoms with Crippen molar-refractivity contribution in [2.24, 2.45) is 5.92 Å². The molecule has 0 fully saturated rings. The van der Waals surface area contributed by atoms with Gasteiger partial charge in [0.25, 0.3) is 0 Å². The van der Waals surface area contributed by atoms with Gasteiger partial charge in [0, 0.05) is 6.61 Å². The molecule has 1 unspecified atom stereocenters. The van der Waals surface area contributed by atoms with Crippen molar-refractivity contribution in [1.82, 2.24) is 5.32 Å². The lowest BCUT2D eigenvalue weighted by atomic mass is 9.96. The highest BCUT2D eigenvalue weighted by Crippen LogP contribution is 2.15. The molecule has 0 aliphatic heterocycles. The van der Waals surface area contributed by atoms with Crippen LogP contribution in [0.4, 0.5) is 4.39 Å². The van der Waals surface area contributed by atoms with E-state index in [2.05, 4.69) is 12.2 Å². The highest BCUT2D eigenvalue weighted by molar-refractivity contribution is 5.17. The molecule has 0 saturated carbocycles. The summed E-state index contributed by atoms with van der Waals surface area (Å²) in [5.41, 5.74) is 0.806. The topological polar surface area (TPSA) is 21.3 Å². The molecule has 1 aromatic carbocycles. The van der Waals surface area contributed by atoms with Crippen LogP contribution in [0.25, 0.3) is 0 Å². The largest absolute Gasteiger partial charge is 0.379 e. The lowest BCUT2D eigenvalue weighted by molar-refractivity contribution is 0.0682. The third-order valence-electron chi connectivity index (χ3n) is 3.30. The first-order valence-corrected chi connectivity index (χ1v) is 7.69. The Bertz CT molecular complexity index is 368. The van der Waals surface area contributed by atoms with Gasteiger partial charge in [0.2, 0.25) is 0 Å². The molecule has 1 N–H and O–H groups in total. The minimum Gasteiger partial charge on any atom is -0.379 e. The van der Waals surface area contributed by atoms with Crippen molar-refractivity contribution >= 4 is 0 Å². The van der Waals surface area contributed by atoms with Gasteiger partial charge in [0.1, 0.15) is 5.82 Å². The molecule has 0 radical (unpaired) electrons. The number of hydrogen-bond donors (Lipinski definition) is 1. The fraction of sp³-hybridized carbons (Fsp3) is 0.647. The number of hydrogen-bond acceptors (Lipinski definition) is 2. The van der Waals surface area contributed by atoms with Crippen molar-refractivity contribution < 1.29 is 9.13 Å². The Morgan fingerprint density at radius 3 is 2.65 bits per heavy atom. The summed E-state index contributed by atoms with van der Waals surface area (Å²) in [4.78, 5) is 0. The molecule has 0 saturated heterocycles. The van der Waals surface area contributed by atoms with E-state index in [9.17, 15) is 4.39 Å². The van der Waals surface area contributed by atoms with Crippen LogP contribution in [0.3, 0.4) is 0 Å². The summed E-state index contributed by atoms with van der Waals surface area (Å²) in [5.74, 6) is 0.315. The third-order valence-corrected chi connectivity index (χ3v) is 3.30. The summed E-state index contributed by atoms with van der Waals surface area (Å²) >= 11 is 0. The van der Waals surface area contributed by atoms with Crippen LogP contribution in [-0.4, -0.2) is 25.8 Å². The molecule has 0 aliphatic carbocycles. The number of halogens is 1. The fourth-order valence-electron chi connectivity index (χ4n) is 2.20. The molecule has 0 bridgehead atoms. The first-order valence-electron chi connectivity index (χ1n) is 7.69. The second-order valence-corrected chi connectivity index (χ2v) is 5.57. The van der Waals surface area contributed by atoms with E-state index >= 15 is 0 Å². The summed E-state index contributed by atoms with van der Waals surface area (Å²) in [5, 5.41) is 3.43. The van der Waals surface area contributed by atoms with Crippen LogP contribution < -0.4 is 5.32 Å². The zero-order chi connectivity index (χ0) is 14.8. The maximum absolute atomic E-state index is 13.7. The van der Waals surface area contributed by atoms with Gasteiger partial charge in [-0.1, -0.05) is 25.1 Å². The monoisotopic (exact) mass is 281 g/mol. The van der Waals surface area contributed by atoms with Crippen LogP contribution in [0.2, 0.25) is 0 Å². The Labute approximate surface area is 122 Å². The van der Waals surface area contributed by atoms with Crippen LogP contribution >= 0.6 is 0 Å². The van der Waals surface area contributed by atoms with E-state index in [-0.39, 0.29) is 11.9 Å². The Kier molecular flexibility index (Phi) is 8.47. The zero-order valence-corrected chi connectivity index (χ0v) is 13.0. The Hall–Kier alpha value is -0.930. The van der Waals surface area contributed by atoms with Gasteiger partial charge in [-0.2, -0.15) is 0 Å². The van der Waals surface area contributed by atoms with Crippen LogP contribution in [0.1, 0.15) is 39.2 Å². The Balaban J connectivity index is 2.50. The molecular formula is C17H28FNO. The SMILES string of the molecule is CCCNCC(CCOC(C)C)Cc1ccccc1F. The maximum atomic E-state index is 13.7. The van der Waals surface area contributed by atoms with Crippen molar-refractivity contribution in [2.45, 2.75) is 46.1 Å². The maximum Gasteiger partial charge on any atom is 0.126 e. The standard InChI is InChI=1S/C17H28FNO/c1-4-10-19-13-15(9-11-20-14(2)3)12-16-7-5-6-8-17(16)18/h5-8,14-15,19H,4,9-13H2,1-3H3. The summed E-state index contributed by atoms with van der Waals surface area (Å²) in [7, 11) is 0. The molecule has 114 valence electrons. The van der Waals surface area contributed by atoms with E-state index in [4.69, 9.17) is 4.74 Å². The number of nitrogens with one attached hydrogen (secondary N) is 1. The smallest absolute Gasteiger partial charge is 0.126 e. The van der Waals surface area contributed by atoms with Crippen LogP contribution in [0, 0.1) is 11.7 Å². The van der Waals surface area contributed by atoms with Gasteiger partial charge < -0.3 is 10.1 Å². The molecule has 2 nitrogen and oxygen atoms in total. The summed E-state index contributed by atoms with van der Waals surface area (Å²) in [6.45, 7) is 8.91. The van der Waals surface area contributed by atoms with Gasteiger partial charge >= 0.3 is 0 Å². The second-order valence-electron chi connectivity index (χ2n) is 5.57. The summed E-state index contributed by atoms with van der Waals surface area (Å²) in [6, 6.07) is 7.06. The van der Waals surface area contributed by atoms with Gasteiger partial charge in [-0.3, -0.25) is 0 Å². The molecule has 3 heteroatoms. The van der Waals surface area contributed by atoms with E-state index in [1.165, 1.54) is 6.07 Å². The Morgan fingerprint density at radius 1 is 1.25 bits per heavy atom. The van der Waals surface area contributed by atoms with Crippen molar-refractivity contribution in [3.63, 3.8) is 0 Å². The van der Waals surface area contributed by atoms with Crippen molar-refractivity contribution in [2.75, 3.05) is 19.7 Å². The molecule has 1 rings (SSSR count). The summed E-state index contributed by atoms with van der Waals surface area (Å²) < 4.78 is 19.4. The van der Waals surface area contributed by atoms with Crippen molar-refractivity contribution in [1.29, 1.82) is 0 Å². The molecule has 0 amide bonds. The first kappa shape index (κ1) is 17.1.